The molecule has 0 aliphatic heterocycles. The van der Waals surface area contributed by atoms with Gasteiger partial charge >= 0.3 is 0 Å². The van der Waals surface area contributed by atoms with E-state index in [0.717, 1.165) is 27.9 Å². The van der Waals surface area contributed by atoms with Crippen LogP contribution in [0.4, 0.5) is 0 Å². The van der Waals surface area contributed by atoms with Crippen molar-refractivity contribution in [3.05, 3.63) is 66.7 Å². The molecule has 0 unspecified atom stereocenters. The summed E-state index contributed by atoms with van der Waals surface area (Å²) in [5.41, 5.74) is 4.87. The van der Waals surface area contributed by atoms with Crippen LogP contribution in [0, 0.1) is 0 Å². The zero-order valence-electron chi connectivity index (χ0n) is 17.5. The van der Waals surface area contributed by atoms with E-state index in [-0.39, 0.29) is 16.4 Å². The lowest BCUT2D eigenvalue weighted by Gasteiger charge is -2.18. The van der Waals surface area contributed by atoms with Crippen molar-refractivity contribution >= 4 is 10.0 Å². The third-order valence-electron chi connectivity index (χ3n) is 4.49. The van der Waals surface area contributed by atoms with Gasteiger partial charge in [-0.15, -0.1) is 0 Å². The molecule has 0 fully saturated rings. The van der Waals surface area contributed by atoms with Gasteiger partial charge in [0.1, 0.15) is 0 Å². The zero-order chi connectivity index (χ0) is 21.2. The molecule has 5 nitrogen and oxygen atoms in total. The van der Waals surface area contributed by atoms with E-state index in [1.54, 1.807) is 32.2 Å². The molecule has 0 saturated heterocycles. The summed E-state index contributed by atoms with van der Waals surface area (Å²) in [7, 11) is -3.50. The molecule has 0 saturated carbocycles. The number of pyridine rings is 2. The Balaban J connectivity index is 1.93. The van der Waals surface area contributed by atoms with E-state index >= 15 is 0 Å². The van der Waals surface area contributed by atoms with Crippen LogP contribution in [0.2, 0.25) is 0 Å². The van der Waals surface area contributed by atoms with Crippen LogP contribution in [0.1, 0.15) is 40.3 Å². The average molecular weight is 410 g/mol. The fourth-order valence-electron chi connectivity index (χ4n) is 2.98. The van der Waals surface area contributed by atoms with Crippen LogP contribution < -0.4 is 4.72 Å². The summed E-state index contributed by atoms with van der Waals surface area (Å²) < 4.78 is 27.2. The van der Waals surface area contributed by atoms with Gasteiger partial charge in [0, 0.05) is 46.9 Å². The Morgan fingerprint density at radius 3 is 2.07 bits per heavy atom. The number of sulfonamides is 1. The van der Waals surface area contributed by atoms with Gasteiger partial charge in [0.05, 0.1) is 4.90 Å². The molecule has 0 radical (unpaired) electrons. The van der Waals surface area contributed by atoms with Gasteiger partial charge in [-0.3, -0.25) is 9.97 Å². The summed E-state index contributed by atoms with van der Waals surface area (Å²) in [6.07, 6.45) is 5.44. The van der Waals surface area contributed by atoms with Crippen molar-refractivity contribution in [3.63, 3.8) is 0 Å². The summed E-state index contributed by atoms with van der Waals surface area (Å²) in [5.74, 6) is 0. The minimum atomic E-state index is -3.50. The first-order chi connectivity index (χ1) is 13.6. The number of nitrogens with one attached hydrogen (secondary N) is 1. The molecular formula is C23H27N3O2S. The summed E-state index contributed by atoms with van der Waals surface area (Å²) >= 11 is 0. The van der Waals surface area contributed by atoms with E-state index in [2.05, 4.69) is 47.6 Å². The van der Waals surface area contributed by atoms with Gasteiger partial charge < -0.3 is 0 Å². The third kappa shape index (κ3) is 5.08. The van der Waals surface area contributed by atoms with Crippen LogP contribution in [0.5, 0.6) is 0 Å². The highest BCUT2D eigenvalue weighted by molar-refractivity contribution is 7.89. The molecule has 0 amide bonds. The molecule has 152 valence electrons. The van der Waals surface area contributed by atoms with Gasteiger partial charge in [-0.25, -0.2) is 13.1 Å². The molecule has 0 aliphatic rings. The van der Waals surface area contributed by atoms with Crippen molar-refractivity contribution in [2.24, 2.45) is 0 Å². The van der Waals surface area contributed by atoms with Crippen LogP contribution >= 0.6 is 0 Å². The normalized spacial score (nSPS) is 12.3. The Hall–Kier alpha value is -2.57. The predicted octanol–water partition coefficient (Wildman–Crippen LogP) is 4.79. The average Bonchev–Trinajstić information content (AvgIpc) is 2.67. The van der Waals surface area contributed by atoms with Gasteiger partial charge in [0.2, 0.25) is 10.0 Å². The highest BCUT2D eigenvalue weighted by atomic mass is 32.2. The van der Waals surface area contributed by atoms with Crippen molar-refractivity contribution in [1.82, 2.24) is 14.7 Å². The molecule has 3 rings (SSSR count). The SMILES string of the molecule is CC(C)NS(=O)(=O)c1ccc(-c2cncc(-c3ccnc(C(C)(C)C)c3)c2)cc1. The molecule has 1 aromatic carbocycles. The monoisotopic (exact) mass is 409 g/mol. The molecular weight excluding hydrogens is 382 g/mol. The van der Waals surface area contributed by atoms with Crippen molar-refractivity contribution in [1.29, 1.82) is 0 Å². The fraction of sp³-hybridized carbons (Fsp3) is 0.304. The summed E-state index contributed by atoms with van der Waals surface area (Å²) in [6, 6.07) is 12.8. The number of hydrogen-bond donors (Lipinski definition) is 1. The summed E-state index contributed by atoms with van der Waals surface area (Å²) in [5, 5.41) is 0. The van der Waals surface area contributed by atoms with E-state index in [0.29, 0.717) is 0 Å². The highest BCUT2D eigenvalue weighted by Crippen LogP contribution is 2.28. The van der Waals surface area contributed by atoms with Gasteiger partial charge in [-0.2, -0.15) is 0 Å². The molecule has 1 N–H and O–H groups in total. The molecule has 6 heteroatoms. The largest absolute Gasteiger partial charge is 0.263 e. The van der Waals surface area contributed by atoms with Gasteiger partial charge in [-0.1, -0.05) is 32.9 Å². The topological polar surface area (TPSA) is 72.0 Å². The van der Waals surface area contributed by atoms with Crippen LogP contribution in [-0.4, -0.2) is 24.4 Å². The molecule has 0 bridgehead atoms. The van der Waals surface area contributed by atoms with Gasteiger partial charge in [-0.05, 0) is 55.3 Å². The van der Waals surface area contributed by atoms with Crippen LogP contribution in [0.15, 0.2) is 66.0 Å². The van der Waals surface area contributed by atoms with Gasteiger partial charge in [0.15, 0.2) is 0 Å². The Bertz CT molecular complexity index is 1100. The highest BCUT2D eigenvalue weighted by Gasteiger charge is 2.17. The maximum absolute atomic E-state index is 12.3. The Labute approximate surface area is 173 Å². The van der Waals surface area contributed by atoms with E-state index in [1.165, 1.54) is 0 Å². The standard InChI is InChI=1S/C23H27N3O2S/c1-16(2)26-29(27,28)21-8-6-17(7-9-21)19-12-20(15-24-14-19)18-10-11-25-22(13-18)23(3,4)5/h6-16,26H,1-5H3. The molecule has 0 aliphatic carbocycles. The van der Waals surface area contributed by atoms with Crippen molar-refractivity contribution in [2.75, 3.05) is 0 Å². The first-order valence-corrected chi connectivity index (χ1v) is 11.1. The third-order valence-corrected chi connectivity index (χ3v) is 6.16. The second-order valence-electron chi connectivity index (χ2n) is 8.44. The van der Waals surface area contributed by atoms with Crippen LogP contribution in [0.3, 0.4) is 0 Å². The minimum Gasteiger partial charge on any atom is -0.263 e. The molecule has 0 atom stereocenters. The lowest BCUT2D eigenvalue weighted by atomic mass is 9.90. The molecule has 2 aromatic heterocycles. The Morgan fingerprint density at radius 2 is 1.48 bits per heavy atom. The van der Waals surface area contributed by atoms with E-state index in [9.17, 15) is 8.42 Å². The quantitative estimate of drug-likeness (QED) is 0.657. The minimum absolute atomic E-state index is 0.0353. The summed E-state index contributed by atoms with van der Waals surface area (Å²) in [6.45, 7) is 10.0. The first-order valence-electron chi connectivity index (χ1n) is 9.61. The molecule has 0 spiro atoms. The van der Waals surface area contributed by atoms with Gasteiger partial charge in [0.25, 0.3) is 0 Å². The first kappa shape index (κ1) is 21.1. The van der Waals surface area contributed by atoms with Crippen LogP contribution in [-0.2, 0) is 15.4 Å². The molecule has 3 aromatic rings. The second-order valence-corrected chi connectivity index (χ2v) is 10.2. The number of benzene rings is 1. The van der Waals surface area contributed by atoms with E-state index < -0.39 is 10.0 Å². The molecule has 2 heterocycles. The van der Waals surface area contributed by atoms with Crippen molar-refractivity contribution in [3.8, 4) is 22.3 Å². The van der Waals surface area contributed by atoms with Crippen LogP contribution in [0.25, 0.3) is 22.3 Å². The lowest BCUT2D eigenvalue weighted by molar-refractivity contribution is 0.569. The van der Waals surface area contributed by atoms with Crippen molar-refractivity contribution < 1.29 is 8.42 Å². The predicted molar refractivity (Wildman–Crippen MR) is 117 cm³/mol. The smallest absolute Gasteiger partial charge is 0.240 e. The number of rotatable bonds is 5. The number of hydrogen-bond acceptors (Lipinski definition) is 4. The number of nitrogens with zero attached hydrogens (tertiary/aromatic N) is 2. The van der Waals surface area contributed by atoms with E-state index in [1.807, 2.05) is 30.6 Å². The Kier molecular flexibility index (Phi) is 5.87. The lowest BCUT2D eigenvalue weighted by Crippen LogP contribution is -2.30. The zero-order valence-corrected chi connectivity index (χ0v) is 18.3. The summed E-state index contributed by atoms with van der Waals surface area (Å²) in [4.78, 5) is 9.13. The van der Waals surface area contributed by atoms with Crippen molar-refractivity contribution in [2.45, 2.75) is 51.0 Å². The number of aromatic nitrogens is 2. The Morgan fingerprint density at radius 1 is 0.862 bits per heavy atom. The van der Waals surface area contributed by atoms with E-state index in [4.69, 9.17) is 0 Å². The molecule has 29 heavy (non-hydrogen) atoms. The maximum atomic E-state index is 12.3. The maximum Gasteiger partial charge on any atom is 0.240 e. The fourth-order valence-corrected chi connectivity index (χ4v) is 4.23. The second kappa shape index (κ2) is 8.05.